The fraction of sp³-hybridized carbons (Fsp3) is 0.448. The van der Waals surface area contributed by atoms with Gasteiger partial charge in [-0.2, -0.15) is 0 Å². The van der Waals surface area contributed by atoms with E-state index in [4.69, 9.17) is 13.9 Å². The standard InChI is InChI=1S/C29H33FN2O5/c1-19(2)9-14-36-22-6-3-5-20(17-22)26-25-27(33)23-18-21(30)7-8-24(23)37-28(25)29(34)32(26)11-4-10-31-12-15-35-16-13-31/h3,5-8,17-19,26H,4,9-16H2,1-2H3. The number of nitrogens with zero attached hydrogens (tertiary/aromatic N) is 2. The summed E-state index contributed by atoms with van der Waals surface area (Å²) in [4.78, 5) is 31.3. The Hall–Kier alpha value is -3.23. The van der Waals surface area contributed by atoms with E-state index in [1.807, 2.05) is 24.3 Å². The molecular formula is C29H33FN2O5. The average Bonchev–Trinajstić information content (AvgIpc) is 3.17. The van der Waals surface area contributed by atoms with Gasteiger partial charge in [0.05, 0.1) is 36.8 Å². The van der Waals surface area contributed by atoms with Gasteiger partial charge < -0.3 is 18.8 Å². The van der Waals surface area contributed by atoms with E-state index >= 15 is 0 Å². The van der Waals surface area contributed by atoms with Crippen molar-refractivity contribution in [3.63, 3.8) is 0 Å². The van der Waals surface area contributed by atoms with E-state index in [-0.39, 0.29) is 33.6 Å². The third kappa shape index (κ3) is 5.40. The quantitative estimate of drug-likeness (QED) is 0.420. The first-order chi connectivity index (χ1) is 17.9. The van der Waals surface area contributed by atoms with Gasteiger partial charge in [-0.1, -0.05) is 26.0 Å². The average molecular weight is 509 g/mol. The van der Waals surface area contributed by atoms with Crippen molar-refractivity contribution in [2.75, 3.05) is 46.0 Å². The summed E-state index contributed by atoms with van der Waals surface area (Å²) in [5.41, 5.74) is 0.853. The van der Waals surface area contributed by atoms with Crippen LogP contribution in [0.5, 0.6) is 5.75 Å². The minimum atomic E-state index is -0.634. The van der Waals surface area contributed by atoms with Gasteiger partial charge in [0, 0.05) is 26.2 Å². The zero-order valence-electron chi connectivity index (χ0n) is 21.4. The van der Waals surface area contributed by atoms with E-state index in [2.05, 4.69) is 18.7 Å². The molecule has 1 saturated heterocycles. The number of halogens is 1. The van der Waals surface area contributed by atoms with E-state index in [0.29, 0.717) is 38.0 Å². The van der Waals surface area contributed by atoms with Gasteiger partial charge in [0.1, 0.15) is 17.1 Å². The summed E-state index contributed by atoms with van der Waals surface area (Å²) >= 11 is 0. The molecule has 1 aromatic heterocycles. The van der Waals surface area contributed by atoms with Crippen molar-refractivity contribution < 1.29 is 23.1 Å². The van der Waals surface area contributed by atoms with E-state index in [9.17, 15) is 14.0 Å². The van der Waals surface area contributed by atoms with Crippen LogP contribution in [0.4, 0.5) is 4.39 Å². The first-order valence-corrected chi connectivity index (χ1v) is 13.0. The Bertz CT molecular complexity index is 1330. The molecule has 2 aromatic carbocycles. The minimum Gasteiger partial charge on any atom is -0.494 e. The third-order valence-electron chi connectivity index (χ3n) is 7.04. The first kappa shape index (κ1) is 25.4. The molecule has 1 unspecified atom stereocenters. The number of rotatable bonds is 9. The summed E-state index contributed by atoms with van der Waals surface area (Å²) in [5.74, 6) is 0.387. The number of fused-ring (bicyclic) bond motifs is 2. The van der Waals surface area contributed by atoms with Crippen LogP contribution in [0.3, 0.4) is 0 Å². The van der Waals surface area contributed by atoms with Crippen molar-refractivity contribution in [1.82, 2.24) is 9.80 Å². The number of benzene rings is 2. The topological polar surface area (TPSA) is 72.2 Å². The van der Waals surface area contributed by atoms with Crippen molar-refractivity contribution in [3.05, 3.63) is 75.4 Å². The molecule has 0 N–H and O–H groups in total. The number of carbonyl (C=O) groups excluding carboxylic acids is 1. The number of morpholine rings is 1. The summed E-state index contributed by atoms with van der Waals surface area (Å²) in [6.45, 7) is 9.29. The molecule has 2 aliphatic heterocycles. The lowest BCUT2D eigenvalue weighted by Gasteiger charge is -2.29. The molecule has 5 rings (SSSR count). The number of ether oxygens (including phenoxy) is 2. The zero-order chi connectivity index (χ0) is 25.9. The lowest BCUT2D eigenvalue weighted by atomic mass is 9.98. The number of amides is 1. The molecule has 1 amide bonds. The van der Waals surface area contributed by atoms with Crippen LogP contribution < -0.4 is 10.2 Å². The number of carbonyl (C=O) groups is 1. The van der Waals surface area contributed by atoms with Crippen LogP contribution in [0, 0.1) is 11.7 Å². The molecular weight excluding hydrogens is 475 g/mol. The zero-order valence-corrected chi connectivity index (χ0v) is 21.4. The highest BCUT2D eigenvalue weighted by Crippen LogP contribution is 2.39. The molecule has 0 spiro atoms. The maximum Gasteiger partial charge on any atom is 0.290 e. The fourth-order valence-corrected chi connectivity index (χ4v) is 5.05. The van der Waals surface area contributed by atoms with Crippen LogP contribution in [-0.4, -0.2) is 61.7 Å². The Morgan fingerprint density at radius 3 is 2.68 bits per heavy atom. The van der Waals surface area contributed by atoms with E-state index in [1.54, 1.807) is 4.90 Å². The predicted molar refractivity (Wildman–Crippen MR) is 139 cm³/mol. The van der Waals surface area contributed by atoms with Crippen LogP contribution in [0.1, 0.15) is 54.4 Å². The molecule has 7 nitrogen and oxygen atoms in total. The van der Waals surface area contributed by atoms with Gasteiger partial charge in [-0.3, -0.25) is 14.5 Å². The number of hydrogen-bond acceptors (Lipinski definition) is 6. The lowest BCUT2D eigenvalue weighted by Crippen LogP contribution is -2.38. The van der Waals surface area contributed by atoms with E-state index in [0.717, 1.165) is 38.0 Å². The largest absolute Gasteiger partial charge is 0.494 e. The first-order valence-electron chi connectivity index (χ1n) is 13.0. The Morgan fingerprint density at radius 1 is 1.08 bits per heavy atom. The van der Waals surface area contributed by atoms with E-state index in [1.165, 1.54) is 18.2 Å². The summed E-state index contributed by atoms with van der Waals surface area (Å²) in [6.07, 6.45) is 1.66. The highest BCUT2D eigenvalue weighted by molar-refractivity contribution is 5.99. The maximum absolute atomic E-state index is 14.0. The van der Waals surface area contributed by atoms with Gasteiger partial charge in [0.15, 0.2) is 5.43 Å². The number of hydrogen-bond donors (Lipinski definition) is 0. The van der Waals surface area contributed by atoms with Gasteiger partial charge in [0.2, 0.25) is 5.76 Å². The van der Waals surface area contributed by atoms with Gasteiger partial charge in [-0.25, -0.2) is 4.39 Å². The molecule has 0 saturated carbocycles. The second-order valence-corrected chi connectivity index (χ2v) is 10.1. The highest BCUT2D eigenvalue weighted by atomic mass is 19.1. The molecule has 1 atom stereocenters. The van der Waals surface area contributed by atoms with Crippen molar-refractivity contribution in [3.8, 4) is 5.75 Å². The summed E-state index contributed by atoms with van der Waals surface area (Å²) < 4.78 is 31.4. The second kappa shape index (κ2) is 11.0. The van der Waals surface area contributed by atoms with Crippen molar-refractivity contribution in [2.45, 2.75) is 32.7 Å². The maximum atomic E-state index is 14.0. The Kier molecular flexibility index (Phi) is 7.58. The normalized spacial score (nSPS) is 18.1. The van der Waals surface area contributed by atoms with Crippen molar-refractivity contribution >= 4 is 16.9 Å². The fourth-order valence-electron chi connectivity index (χ4n) is 5.05. The molecule has 3 heterocycles. The minimum absolute atomic E-state index is 0.0339. The van der Waals surface area contributed by atoms with Crippen molar-refractivity contribution in [1.29, 1.82) is 0 Å². The van der Waals surface area contributed by atoms with Crippen LogP contribution in [0.2, 0.25) is 0 Å². The predicted octanol–water partition coefficient (Wildman–Crippen LogP) is 4.62. The van der Waals surface area contributed by atoms with Crippen LogP contribution >= 0.6 is 0 Å². The Balaban J connectivity index is 1.50. The molecule has 0 radical (unpaired) electrons. The van der Waals surface area contributed by atoms with Crippen LogP contribution in [0.15, 0.2) is 51.7 Å². The molecule has 196 valence electrons. The molecule has 0 aliphatic carbocycles. The van der Waals surface area contributed by atoms with Crippen molar-refractivity contribution in [2.24, 2.45) is 5.92 Å². The van der Waals surface area contributed by atoms with Gasteiger partial charge in [-0.15, -0.1) is 0 Å². The second-order valence-electron chi connectivity index (χ2n) is 10.1. The van der Waals surface area contributed by atoms with Gasteiger partial charge >= 0.3 is 0 Å². The van der Waals surface area contributed by atoms with Gasteiger partial charge in [0.25, 0.3) is 5.91 Å². The SMILES string of the molecule is CC(C)CCOc1cccc(C2c3c(oc4ccc(F)cc4c3=O)C(=O)N2CCCN2CCOCC2)c1. The van der Waals surface area contributed by atoms with Gasteiger partial charge in [-0.05, 0) is 54.7 Å². The van der Waals surface area contributed by atoms with Crippen LogP contribution in [-0.2, 0) is 4.74 Å². The smallest absolute Gasteiger partial charge is 0.290 e. The molecule has 3 aromatic rings. The third-order valence-corrected chi connectivity index (χ3v) is 7.04. The van der Waals surface area contributed by atoms with E-state index < -0.39 is 11.9 Å². The molecule has 37 heavy (non-hydrogen) atoms. The Labute approximate surface area is 215 Å². The summed E-state index contributed by atoms with van der Waals surface area (Å²) in [6, 6.07) is 10.7. The highest BCUT2D eigenvalue weighted by Gasteiger charge is 2.42. The molecule has 2 aliphatic rings. The summed E-state index contributed by atoms with van der Waals surface area (Å²) in [5, 5.41) is 0.135. The molecule has 8 heteroatoms. The lowest BCUT2D eigenvalue weighted by molar-refractivity contribution is 0.0353. The Morgan fingerprint density at radius 2 is 1.89 bits per heavy atom. The monoisotopic (exact) mass is 508 g/mol. The van der Waals surface area contributed by atoms with Crippen LogP contribution in [0.25, 0.3) is 11.0 Å². The molecule has 0 bridgehead atoms. The molecule has 1 fully saturated rings. The summed E-state index contributed by atoms with van der Waals surface area (Å²) in [7, 11) is 0.